The van der Waals surface area contributed by atoms with E-state index in [2.05, 4.69) is 24.3 Å². The first-order valence-corrected chi connectivity index (χ1v) is 16.2. The average Bonchev–Trinajstić information content (AvgIpc) is 3.87. The Bertz CT molecular complexity index is 1460. The van der Waals surface area contributed by atoms with E-state index < -0.39 is 16.8 Å². The highest BCUT2D eigenvalue weighted by Gasteiger charge is 2.38. The zero-order chi connectivity index (χ0) is 33.3. The molecule has 0 radical (unpaired) electrons. The van der Waals surface area contributed by atoms with Crippen LogP contribution < -0.4 is 0 Å². The third-order valence-corrected chi connectivity index (χ3v) is 9.01. The molecule has 7 heteroatoms. The first kappa shape index (κ1) is 34.3. The number of cyclic esters (lactones) is 1. The molecule has 0 bridgehead atoms. The summed E-state index contributed by atoms with van der Waals surface area (Å²) < 4.78 is 15.6. The maximum absolute atomic E-state index is 12.2. The highest BCUT2D eigenvalue weighted by molar-refractivity contribution is 6.18. The third-order valence-electron chi connectivity index (χ3n) is 9.01. The molecular weight excluding hydrogens is 568 g/mol. The molecule has 1 heterocycles. The molecule has 1 N–H and O–H groups in total. The van der Waals surface area contributed by atoms with Gasteiger partial charge in [-0.3, -0.25) is 9.59 Å². The van der Waals surface area contributed by atoms with Crippen LogP contribution in [0.2, 0.25) is 0 Å². The quantitative estimate of drug-likeness (QED) is 0.225. The molecule has 1 aliphatic heterocycles. The lowest BCUT2D eigenvalue weighted by Crippen LogP contribution is -2.33. The topological polar surface area (TPSA) is 99.1 Å². The number of esters is 3. The highest BCUT2D eigenvalue weighted by atomic mass is 16.6. The van der Waals surface area contributed by atoms with E-state index in [4.69, 9.17) is 14.2 Å². The fourth-order valence-corrected chi connectivity index (χ4v) is 5.89. The molecule has 0 aromatic heterocycles. The number of ether oxygens (including phenoxy) is 3. The Morgan fingerprint density at radius 2 is 1.38 bits per heavy atom. The molecule has 0 atom stereocenters. The Morgan fingerprint density at radius 1 is 0.889 bits per heavy atom. The molecule has 2 aromatic carbocycles. The van der Waals surface area contributed by atoms with E-state index in [1.54, 1.807) is 20.8 Å². The van der Waals surface area contributed by atoms with Crippen molar-refractivity contribution in [3.8, 4) is 0 Å². The zero-order valence-electron chi connectivity index (χ0n) is 28.5. The molecule has 2 aliphatic carbocycles. The average molecular weight is 619 g/mol. The van der Waals surface area contributed by atoms with Crippen LogP contribution >= 0.6 is 0 Å². The number of hydrogen-bond donors (Lipinski definition) is 1. The van der Waals surface area contributed by atoms with Crippen LogP contribution in [-0.4, -0.2) is 42.8 Å². The fourth-order valence-electron chi connectivity index (χ4n) is 5.89. The SMILES string of the molecule is CCOC(=O)C(C)(C)COC(=O)Cc1c(C)cc(C2CC2)cc1C.Cc1cc(C2CC2)cc(C)c1C1=C(O)C(C)(C)COC1=O. The van der Waals surface area contributed by atoms with Crippen molar-refractivity contribution in [2.45, 2.75) is 106 Å². The van der Waals surface area contributed by atoms with Crippen molar-refractivity contribution < 1.29 is 33.7 Å². The summed E-state index contributed by atoms with van der Waals surface area (Å²) >= 11 is 0. The monoisotopic (exact) mass is 618 g/mol. The van der Waals surface area contributed by atoms with Crippen molar-refractivity contribution in [3.63, 3.8) is 0 Å². The number of carbonyl (C=O) groups is 3. The van der Waals surface area contributed by atoms with Crippen molar-refractivity contribution in [3.05, 3.63) is 74.5 Å². The van der Waals surface area contributed by atoms with Crippen molar-refractivity contribution in [2.75, 3.05) is 19.8 Å². The van der Waals surface area contributed by atoms with Gasteiger partial charge in [0.2, 0.25) is 0 Å². The Balaban J connectivity index is 0.000000206. The second-order valence-corrected chi connectivity index (χ2v) is 14.3. The Morgan fingerprint density at radius 3 is 1.84 bits per heavy atom. The lowest BCUT2D eigenvalue weighted by Gasteiger charge is -2.31. The number of aliphatic hydroxyl groups excluding tert-OH is 1. The van der Waals surface area contributed by atoms with Crippen LogP contribution in [0.3, 0.4) is 0 Å². The number of aryl methyl sites for hydroxylation is 4. The van der Waals surface area contributed by atoms with E-state index in [1.807, 2.05) is 41.5 Å². The lowest BCUT2D eigenvalue weighted by atomic mass is 9.82. The largest absolute Gasteiger partial charge is 0.511 e. The molecule has 0 saturated heterocycles. The summed E-state index contributed by atoms with van der Waals surface area (Å²) in [4.78, 5) is 36.2. The summed E-state index contributed by atoms with van der Waals surface area (Å²) in [5, 5.41) is 10.5. The van der Waals surface area contributed by atoms with E-state index in [-0.39, 0.29) is 37.3 Å². The first-order chi connectivity index (χ1) is 21.1. The van der Waals surface area contributed by atoms with Crippen LogP contribution in [0.4, 0.5) is 0 Å². The molecule has 0 spiro atoms. The normalized spacial score (nSPS) is 17.7. The molecule has 2 saturated carbocycles. The fraction of sp³-hybridized carbons (Fsp3) is 0.553. The Kier molecular flexibility index (Phi) is 10.2. The van der Waals surface area contributed by atoms with E-state index in [0.29, 0.717) is 24.0 Å². The van der Waals surface area contributed by atoms with Gasteiger partial charge in [0.25, 0.3) is 0 Å². The summed E-state index contributed by atoms with van der Waals surface area (Å²) in [6, 6.07) is 8.68. The molecule has 5 rings (SSSR count). The first-order valence-electron chi connectivity index (χ1n) is 16.2. The van der Waals surface area contributed by atoms with Gasteiger partial charge in [0.1, 0.15) is 24.5 Å². The predicted molar refractivity (Wildman–Crippen MR) is 175 cm³/mol. The van der Waals surface area contributed by atoms with Crippen LogP contribution in [0.15, 0.2) is 30.0 Å². The minimum atomic E-state index is -0.828. The number of rotatable bonds is 9. The highest BCUT2D eigenvalue weighted by Crippen LogP contribution is 2.44. The maximum Gasteiger partial charge on any atom is 0.342 e. The number of carbonyl (C=O) groups excluding carboxylic acids is 3. The van der Waals surface area contributed by atoms with E-state index in [0.717, 1.165) is 33.4 Å². The Labute approximate surface area is 268 Å². The van der Waals surface area contributed by atoms with E-state index >= 15 is 0 Å². The van der Waals surface area contributed by atoms with Gasteiger partial charge in [0, 0.05) is 0 Å². The van der Waals surface area contributed by atoms with Crippen molar-refractivity contribution in [2.24, 2.45) is 10.8 Å². The van der Waals surface area contributed by atoms with Crippen LogP contribution in [0.5, 0.6) is 0 Å². The van der Waals surface area contributed by atoms with Crippen molar-refractivity contribution >= 4 is 23.5 Å². The summed E-state index contributed by atoms with van der Waals surface area (Å²) in [5.41, 5.74) is 7.90. The maximum atomic E-state index is 12.2. The predicted octanol–water partition coefficient (Wildman–Crippen LogP) is 7.89. The van der Waals surface area contributed by atoms with Crippen LogP contribution in [0, 0.1) is 38.5 Å². The number of hydrogen-bond acceptors (Lipinski definition) is 7. The smallest absolute Gasteiger partial charge is 0.342 e. The van der Waals surface area contributed by atoms with Crippen LogP contribution in [-0.2, 0) is 35.0 Å². The molecule has 7 nitrogen and oxygen atoms in total. The van der Waals surface area contributed by atoms with Gasteiger partial charge in [0.15, 0.2) is 0 Å². The van der Waals surface area contributed by atoms with Gasteiger partial charge in [0.05, 0.1) is 23.9 Å². The Hall–Kier alpha value is -3.61. The molecule has 2 fully saturated rings. The molecule has 2 aromatic rings. The number of aliphatic hydroxyl groups is 1. The lowest BCUT2D eigenvalue weighted by molar-refractivity contribution is -0.161. The van der Waals surface area contributed by atoms with Gasteiger partial charge >= 0.3 is 17.9 Å². The molecule has 3 aliphatic rings. The van der Waals surface area contributed by atoms with Gasteiger partial charge in [-0.05, 0) is 144 Å². The second-order valence-electron chi connectivity index (χ2n) is 14.3. The third kappa shape index (κ3) is 8.16. The summed E-state index contributed by atoms with van der Waals surface area (Å²) in [6.07, 6.45) is 5.27. The van der Waals surface area contributed by atoms with Crippen molar-refractivity contribution in [1.29, 1.82) is 0 Å². The van der Waals surface area contributed by atoms with Gasteiger partial charge < -0.3 is 19.3 Å². The van der Waals surface area contributed by atoms with E-state index in [1.165, 1.54) is 36.8 Å². The van der Waals surface area contributed by atoms with Gasteiger partial charge in [-0.25, -0.2) is 4.79 Å². The van der Waals surface area contributed by atoms with Gasteiger partial charge in [-0.2, -0.15) is 0 Å². The number of benzene rings is 2. The van der Waals surface area contributed by atoms with Crippen molar-refractivity contribution in [1.82, 2.24) is 0 Å². The van der Waals surface area contributed by atoms with Gasteiger partial charge in [-0.15, -0.1) is 0 Å². The summed E-state index contributed by atoms with van der Waals surface area (Å²) in [6.45, 7) is 17.6. The minimum absolute atomic E-state index is 0.0307. The molecule has 244 valence electrons. The molecule has 0 amide bonds. The zero-order valence-corrected chi connectivity index (χ0v) is 28.5. The molecule has 0 unspecified atom stereocenters. The molecular formula is C38H50O7. The second kappa shape index (κ2) is 13.4. The van der Waals surface area contributed by atoms with E-state index in [9.17, 15) is 19.5 Å². The van der Waals surface area contributed by atoms with Gasteiger partial charge in [-0.1, -0.05) is 24.3 Å². The van der Waals surface area contributed by atoms with Crippen LogP contribution in [0.1, 0.15) is 117 Å². The van der Waals surface area contributed by atoms with Crippen LogP contribution in [0.25, 0.3) is 5.57 Å². The summed E-state index contributed by atoms with van der Waals surface area (Å²) in [7, 11) is 0. The standard InChI is InChI=1S/C20H28O4.C18H22O3/c1-6-23-19(22)20(4,5)12-24-18(21)11-17-13(2)9-16(10-14(17)3)15-7-8-15;1-10-7-13(12-5-6-12)8-11(2)14(10)15-16(19)18(3,4)9-21-17(15)20/h9-10,15H,6-8,11-12H2,1-5H3;7-8,12,19H,5-6,9H2,1-4H3. The molecule has 45 heavy (non-hydrogen) atoms. The minimum Gasteiger partial charge on any atom is -0.511 e. The summed E-state index contributed by atoms with van der Waals surface area (Å²) in [5.74, 6) is 0.445.